The number of nitrogens with two attached hydrogens (primary N) is 1. The summed E-state index contributed by atoms with van der Waals surface area (Å²) in [6.45, 7) is 3.06. The van der Waals surface area contributed by atoms with E-state index in [1.54, 1.807) is 18.0 Å². The van der Waals surface area contributed by atoms with Crippen LogP contribution in [0.2, 0.25) is 0 Å². The fourth-order valence-corrected chi connectivity index (χ4v) is 3.54. The third kappa shape index (κ3) is 4.82. The van der Waals surface area contributed by atoms with Gasteiger partial charge < -0.3 is 9.64 Å². The maximum absolute atomic E-state index is 12.0. The average Bonchev–Trinajstić information content (AvgIpc) is 2.80. The molecule has 2 heterocycles. The normalized spacial score (nSPS) is 14.7. The van der Waals surface area contributed by atoms with Crippen molar-refractivity contribution in [1.82, 2.24) is 14.9 Å². The van der Waals surface area contributed by atoms with E-state index in [0.29, 0.717) is 29.4 Å². The summed E-state index contributed by atoms with van der Waals surface area (Å²) in [6, 6.07) is 17.1. The minimum atomic E-state index is -0.134. The molecule has 1 aliphatic heterocycles. The molecular weight excluding hydrogens is 402 g/mol. The van der Waals surface area contributed by atoms with Gasteiger partial charge in [-0.2, -0.15) is 4.98 Å². The van der Waals surface area contributed by atoms with E-state index < -0.39 is 0 Å². The van der Waals surface area contributed by atoms with Crippen molar-refractivity contribution >= 4 is 17.4 Å². The lowest BCUT2D eigenvalue weighted by Crippen LogP contribution is -2.84. The first kappa shape index (κ1) is 21.2. The summed E-state index contributed by atoms with van der Waals surface area (Å²) in [6.07, 6.45) is 4.07. The first-order valence-corrected chi connectivity index (χ1v) is 10.4. The molecule has 0 radical (unpaired) electrons. The number of likely N-dealkylation sites (tertiary alicyclic amines) is 1. The van der Waals surface area contributed by atoms with Gasteiger partial charge >= 0.3 is 0 Å². The highest BCUT2D eigenvalue weighted by Gasteiger charge is 2.33. The topological polar surface area (TPSA) is 95.8 Å². The predicted molar refractivity (Wildman–Crippen MR) is 121 cm³/mol. The van der Waals surface area contributed by atoms with Crippen LogP contribution in [0.15, 0.2) is 67.1 Å². The number of rotatable bonds is 7. The van der Waals surface area contributed by atoms with Gasteiger partial charge in [0.15, 0.2) is 0 Å². The minimum absolute atomic E-state index is 0.120. The molecule has 4 rings (SSSR count). The molecule has 0 unspecified atom stereocenters. The zero-order valence-corrected chi connectivity index (χ0v) is 17.8. The Morgan fingerprint density at radius 3 is 2.62 bits per heavy atom. The van der Waals surface area contributed by atoms with Crippen molar-refractivity contribution in [2.24, 2.45) is 0 Å². The molecule has 1 fully saturated rings. The molecule has 2 aromatic carbocycles. The summed E-state index contributed by atoms with van der Waals surface area (Å²) in [5, 5.41) is 10.7. The van der Waals surface area contributed by atoms with Gasteiger partial charge in [-0.25, -0.2) is 4.98 Å². The molecule has 3 N–H and O–H groups in total. The first-order chi connectivity index (χ1) is 15.7. The van der Waals surface area contributed by atoms with Crippen molar-refractivity contribution < 1.29 is 14.8 Å². The molecule has 3 aromatic rings. The number of para-hydroxylation sites is 1. The number of quaternary nitrogens is 1. The van der Waals surface area contributed by atoms with Gasteiger partial charge in [0.05, 0.1) is 17.3 Å². The van der Waals surface area contributed by atoms with Crippen LogP contribution in [-0.2, 0) is 4.79 Å². The third-order valence-electron chi connectivity index (χ3n) is 5.35. The lowest BCUT2D eigenvalue weighted by Gasteiger charge is -2.38. The van der Waals surface area contributed by atoms with Gasteiger partial charge in [0.1, 0.15) is 24.4 Å². The SMILES string of the molecule is CC#CC(=O)N1CC[C@@H]1C[NH2+]c1ncncc1C(=N)c1ccc(Oc2ccccc2)cc1. The van der Waals surface area contributed by atoms with Gasteiger partial charge in [-0.3, -0.25) is 15.5 Å². The molecule has 1 amide bonds. The molecule has 32 heavy (non-hydrogen) atoms. The van der Waals surface area contributed by atoms with Crippen molar-refractivity contribution in [3.63, 3.8) is 0 Å². The molecule has 0 bridgehead atoms. The predicted octanol–water partition coefficient (Wildman–Crippen LogP) is 2.50. The lowest BCUT2D eigenvalue weighted by molar-refractivity contribution is -0.582. The van der Waals surface area contributed by atoms with E-state index in [1.807, 2.05) is 59.9 Å². The van der Waals surface area contributed by atoms with Gasteiger partial charge in [-0.15, -0.1) is 0 Å². The number of benzene rings is 2. The molecule has 7 nitrogen and oxygen atoms in total. The van der Waals surface area contributed by atoms with Crippen LogP contribution in [0, 0.1) is 17.3 Å². The van der Waals surface area contributed by atoms with Gasteiger partial charge in [0.2, 0.25) is 5.82 Å². The zero-order chi connectivity index (χ0) is 22.3. The van der Waals surface area contributed by atoms with E-state index in [9.17, 15) is 4.79 Å². The molecule has 1 atom stereocenters. The number of amides is 1. The minimum Gasteiger partial charge on any atom is -0.457 e. The van der Waals surface area contributed by atoms with E-state index in [-0.39, 0.29) is 11.9 Å². The van der Waals surface area contributed by atoms with Gasteiger partial charge in [-0.05, 0) is 55.7 Å². The highest BCUT2D eigenvalue weighted by Crippen LogP contribution is 2.22. The van der Waals surface area contributed by atoms with Gasteiger partial charge in [-0.1, -0.05) is 24.1 Å². The highest BCUT2D eigenvalue weighted by atomic mass is 16.5. The van der Waals surface area contributed by atoms with Crippen LogP contribution >= 0.6 is 0 Å². The van der Waals surface area contributed by atoms with Crippen molar-refractivity contribution in [2.45, 2.75) is 19.4 Å². The Morgan fingerprint density at radius 2 is 1.94 bits per heavy atom. The fraction of sp³-hybridized carbons (Fsp3) is 0.200. The monoisotopic (exact) mass is 426 g/mol. The number of hydrogen-bond donors (Lipinski definition) is 2. The Balaban J connectivity index is 1.43. The Morgan fingerprint density at radius 1 is 1.19 bits per heavy atom. The number of nitrogens with one attached hydrogen (secondary N) is 1. The summed E-state index contributed by atoms with van der Waals surface area (Å²) in [5.74, 6) is 7.28. The average molecular weight is 427 g/mol. The van der Waals surface area contributed by atoms with Crippen LogP contribution in [0.1, 0.15) is 24.5 Å². The summed E-state index contributed by atoms with van der Waals surface area (Å²) >= 11 is 0. The second-order valence-corrected chi connectivity index (χ2v) is 7.39. The molecule has 0 saturated carbocycles. The molecule has 1 saturated heterocycles. The van der Waals surface area contributed by atoms with Crippen LogP contribution in [-0.4, -0.2) is 45.6 Å². The first-order valence-electron chi connectivity index (χ1n) is 10.4. The maximum atomic E-state index is 12.0. The summed E-state index contributed by atoms with van der Waals surface area (Å²) in [7, 11) is 0. The van der Waals surface area contributed by atoms with Gasteiger partial charge in [0, 0.05) is 18.3 Å². The molecular formula is C25H24N5O2+. The van der Waals surface area contributed by atoms with Crippen molar-refractivity contribution in [3.05, 3.63) is 78.2 Å². The number of hydrogen-bond acceptors (Lipinski definition) is 5. The summed E-state index contributed by atoms with van der Waals surface area (Å²) in [5.41, 5.74) is 1.73. The Labute approximate surface area is 187 Å². The van der Waals surface area contributed by atoms with Gasteiger partial charge in [0.25, 0.3) is 5.91 Å². The molecule has 160 valence electrons. The number of aromatic nitrogens is 2. The Bertz CT molecular complexity index is 1170. The Kier molecular flexibility index (Phi) is 6.54. The van der Waals surface area contributed by atoms with E-state index in [4.69, 9.17) is 10.1 Å². The summed E-state index contributed by atoms with van der Waals surface area (Å²) in [4.78, 5) is 22.3. The molecule has 1 aliphatic rings. The van der Waals surface area contributed by atoms with Crippen LogP contribution in [0.4, 0.5) is 5.82 Å². The smallest absolute Gasteiger partial charge is 0.298 e. The third-order valence-corrected chi connectivity index (χ3v) is 5.35. The van der Waals surface area contributed by atoms with Crippen LogP contribution in [0.5, 0.6) is 11.5 Å². The van der Waals surface area contributed by atoms with Crippen molar-refractivity contribution in [3.8, 4) is 23.3 Å². The fourth-order valence-electron chi connectivity index (χ4n) is 3.54. The molecule has 0 spiro atoms. The second-order valence-electron chi connectivity index (χ2n) is 7.39. The molecule has 1 aromatic heterocycles. The van der Waals surface area contributed by atoms with E-state index >= 15 is 0 Å². The molecule has 7 heteroatoms. The number of carbonyl (C=O) groups is 1. The van der Waals surface area contributed by atoms with Crippen LogP contribution in [0.25, 0.3) is 0 Å². The zero-order valence-electron chi connectivity index (χ0n) is 17.8. The number of ether oxygens (including phenoxy) is 1. The highest BCUT2D eigenvalue weighted by molar-refractivity contribution is 6.12. The number of nitrogens with zero attached hydrogens (tertiary/aromatic N) is 3. The van der Waals surface area contributed by atoms with Crippen LogP contribution < -0.4 is 10.1 Å². The number of carbonyl (C=O) groups excluding carboxylic acids is 1. The maximum Gasteiger partial charge on any atom is 0.298 e. The van der Waals surface area contributed by atoms with E-state index in [2.05, 4.69) is 21.8 Å². The Hall–Kier alpha value is -4.02. The largest absolute Gasteiger partial charge is 0.457 e. The van der Waals surface area contributed by atoms with Crippen molar-refractivity contribution in [2.75, 3.05) is 13.1 Å². The van der Waals surface area contributed by atoms with E-state index in [1.165, 1.54) is 6.33 Å². The summed E-state index contributed by atoms with van der Waals surface area (Å²) < 4.78 is 5.83. The standard InChI is InChI=1S/C25H23N5O2/c1-2-6-23(31)30-14-13-19(30)15-28-25-22(16-27-17-29-25)24(26)18-9-11-21(12-10-18)32-20-7-4-3-5-8-20/h3-5,7-12,16-17,19,26H,13-15H2,1H3,(H,27,28,29)/p+1/t19-/m1/s1. The van der Waals surface area contributed by atoms with E-state index in [0.717, 1.165) is 24.3 Å². The molecule has 0 aliphatic carbocycles. The van der Waals surface area contributed by atoms with Crippen molar-refractivity contribution in [1.29, 1.82) is 5.41 Å². The second kappa shape index (κ2) is 9.86. The quantitative estimate of drug-likeness (QED) is 0.448. The van der Waals surface area contributed by atoms with Crippen LogP contribution in [0.3, 0.4) is 0 Å². The lowest BCUT2D eigenvalue weighted by atomic mass is 10.0.